The summed E-state index contributed by atoms with van der Waals surface area (Å²) in [5.74, 6) is -0.853. The van der Waals surface area contributed by atoms with E-state index in [1.165, 1.54) is 4.57 Å². The van der Waals surface area contributed by atoms with Crippen LogP contribution >= 0.6 is 11.6 Å². The van der Waals surface area contributed by atoms with E-state index in [-0.39, 0.29) is 12.5 Å². The lowest BCUT2D eigenvalue weighted by Gasteiger charge is -2.06. The molecular weight excluding hydrogens is 320 g/mol. The molecule has 120 valence electrons. The van der Waals surface area contributed by atoms with Crippen molar-refractivity contribution < 1.29 is 9.21 Å². The van der Waals surface area contributed by atoms with Crippen molar-refractivity contribution in [2.75, 3.05) is 6.54 Å². The number of carbonyl (C=O) groups excluding carboxylic acids is 1. The highest BCUT2D eigenvalue weighted by molar-refractivity contribution is 6.31. The van der Waals surface area contributed by atoms with Crippen LogP contribution in [-0.4, -0.2) is 26.8 Å². The molecule has 1 amide bonds. The van der Waals surface area contributed by atoms with E-state index in [1.54, 1.807) is 22.9 Å². The van der Waals surface area contributed by atoms with Crippen molar-refractivity contribution in [2.45, 2.75) is 20.0 Å². The summed E-state index contributed by atoms with van der Waals surface area (Å²) >= 11 is 5.86. The molecular formula is C15H15ClN4O3. The molecule has 3 rings (SSSR count). The van der Waals surface area contributed by atoms with Gasteiger partial charge in [0.05, 0.1) is 17.8 Å². The molecule has 8 heteroatoms. The molecule has 0 radical (unpaired) electrons. The number of aryl methyl sites for hydroxylation is 1. The Morgan fingerprint density at radius 3 is 2.96 bits per heavy atom. The second kappa shape index (κ2) is 6.29. The highest BCUT2D eigenvalue weighted by atomic mass is 35.5. The predicted molar refractivity (Wildman–Crippen MR) is 85.5 cm³/mol. The number of hydrogen-bond donors (Lipinski definition) is 1. The van der Waals surface area contributed by atoms with Crippen molar-refractivity contribution in [3.05, 3.63) is 51.7 Å². The van der Waals surface area contributed by atoms with E-state index >= 15 is 0 Å². The Labute approximate surface area is 136 Å². The zero-order valence-corrected chi connectivity index (χ0v) is 13.2. The van der Waals surface area contributed by atoms with Crippen LogP contribution in [0.1, 0.15) is 5.69 Å². The molecule has 0 aliphatic carbocycles. The Hall–Kier alpha value is -2.54. The fraction of sp³-hybridized carbons (Fsp3) is 0.267. The van der Waals surface area contributed by atoms with Crippen molar-refractivity contribution in [2.24, 2.45) is 0 Å². The first-order valence-electron chi connectivity index (χ1n) is 7.08. The summed E-state index contributed by atoms with van der Waals surface area (Å²) in [4.78, 5) is 23.8. The summed E-state index contributed by atoms with van der Waals surface area (Å²) in [6.07, 6.45) is 1.85. The van der Waals surface area contributed by atoms with Crippen LogP contribution in [0.4, 0.5) is 0 Å². The lowest BCUT2D eigenvalue weighted by molar-refractivity contribution is -0.121. The Morgan fingerprint density at radius 2 is 2.22 bits per heavy atom. The molecule has 7 nitrogen and oxygen atoms in total. The molecule has 2 aromatic heterocycles. The summed E-state index contributed by atoms with van der Waals surface area (Å²) in [6.45, 7) is 2.79. The van der Waals surface area contributed by atoms with Crippen LogP contribution < -0.4 is 11.1 Å². The third kappa shape index (κ3) is 3.45. The molecule has 0 fully saturated rings. The van der Waals surface area contributed by atoms with Gasteiger partial charge in [0.25, 0.3) is 0 Å². The standard InChI is InChI=1S/C15H15ClN4O3/c1-10-4-6-19(18-10)7-5-17-14(21)9-20-12-3-2-11(16)8-13(12)23-15(20)22/h2-4,6,8H,5,7,9H2,1H3,(H,17,21). The lowest BCUT2D eigenvalue weighted by atomic mass is 10.3. The van der Waals surface area contributed by atoms with Gasteiger partial charge >= 0.3 is 5.76 Å². The summed E-state index contributed by atoms with van der Waals surface area (Å²) < 4.78 is 8.11. The number of aromatic nitrogens is 3. The Bertz CT molecular complexity index is 909. The van der Waals surface area contributed by atoms with Crippen molar-refractivity contribution in [1.82, 2.24) is 19.7 Å². The topological polar surface area (TPSA) is 82.1 Å². The van der Waals surface area contributed by atoms with Gasteiger partial charge in [0.15, 0.2) is 5.58 Å². The normalized spacial score (nSPS) is 11.0. The maximum absolute atomic E-state index is 12.0. The van der Waals surface area contributed by atoms with Gasteiger partial charge in [0.2, 0.25) is 5.91 Å². The summed E-state index contributed by atoms with van der Waals surface area (Å²) in [5, 5.41) is 7.45. The molecule has 0 aliphatic heterocycles. The molecule has 0 bridgehead atoms. The number of benzene rings is 1. The highest BCUT2D eigenvalue weighted by Crippen LogP contribution is 2.18. The van der Waals surface area contributed by atoms with Gasteiger partial charge in [-0.25, -0.2) is 4.79 Å². The number of amides is 1. The summed E-state index contributed by atoms with van der Waals surface area (Å²) in [7, 11) is 0. The van der Waals surface area contributed by atoms with E-state index in [4.69, 9.17) is 16.0 Å². The van der Waals surface area contributed by atoms with Gasteiger partial charge in [0.1, 0.15) is 6.54 Å². The maximum atomic E-state index is 12.0. The molecule has 2 heterocycles. The van der Waals surface area contributed by atoms with Crippen LogP contribution in [0.15, 0.2) is 39.7 Å². The quantitative estimate of drug-likeness (QED) is 0.767. The van der Waals surface area contributed by atoms with E-state index in [2.05, 4.69) is 10.4 Å². The second-order valence-corrected chi connectivity index (χ2v) is 5.57. The molecule has 0 atom stereocenters. The van der Waals surface area contributed by atoms with Gasteiger partial charge in [-0.2, -0.15) is 5.10 Å². The van der Waals surface area contributed by atoms with E-state index in [9.17, 15) is 9.59 Å². The number of halogens is 1. The van der Waals surface area contributed by atoms with Gasteiger partial charge < -0.3 is 9.73 Å². The van der Waals surface area contributed by atoms with E-state index in [1.807, 2.05) is 19.2 Å². The summed E-state index contributed by atoms with van der Waals surface area (Å²) in [5.41, 5.74) is 1.82. The third-order valence-corrected chi connectivity index (χ3v) is 3.60. The zero-order valence-electron chi connectivity index (χ0n) is 12.5. The minimum atomic E-state index is -0.583. The van der Waals surface area contributed by atoms with Gasteiger partial charge in [-0.05, 0) is 25.1 Å². The lowest BCUT2D eigenvalue weighted by Crippen LogP contribution is -2.32. The van der Waals surface area contributed by atoms with Gasteiger partial charge in [-0.15, -0.1) is 0 Å². The van der Waals surface area contributed by atoms with Crippen molar-refractivity contribution in [3.8, 4) is 0 Å². The second-order valence-electron chi connectivity index (χ2n) is 5.14. The van der Waals surface area contributed by atoms with Crippen LogP contribution in [0, 0.1) is 6.92 Å². The Kier molecular flexibility index (Phi) is 4.20. The molecule has 1 aromatic carbocycles. The first kappa shape index (κ1) is 15.4. The molecule has 0 saturated carbocycles. The highest BCUT2D eigenvalue weighted by Gasteiger charge is 2.12. The average molecular weight is 335 g/mol. The number of fused-ring (bicyclic) bond motifs is 1. The van der Waals surface area contributed by atoms with Crippen LogP contribution in [0.2, 0.25) is 5.02 Å². The van der Waals surface area contributed by atoms with Crippen LogP contribution in [-0.2, 0) is 17.9 Å². The van der Waals surface area contributed by atoms with Crippen molar-refractivity contribution >= 4 is 28.6 Å². The van der Waals surface area contributed by atoms with E-state index in [0.29, 0.717) is 29.2 Å². The fourth-order valence-electron chi connectivity index (χ4n) is 2.29. The number of rotatable bonds is 5. The van der Waals surface area contributed by atoms with Crippen LogP contribution in [0.3, 0.4) is 0 Å². The van der Waals surface area contributed by atoms with Gasteiger partial charge in [-0.1, -0.05) is 11.6 Å². The molecule has 0 saturated heterocycles. The van der Waals surface area contributed by atoms with Crippen molar-refractivity contribution in [1.29, 1.82) is 0 Å². The Balaban J connectivity index is 1.64. The summed E-state index contributed by atoms with van der Waals surface area (Å²) in [6, 6.07) is 6.74. The smallest absolute Gasteiger partial charge is 0.408 e. The molecule has 3 aromatic rings. The first-order chi connectivity index (χ1) is 11.0. The number of nitrogens with zero attached hydrogens (tertiary/aromatic N) is 3. The average Bonchev–Trinajstić information content (AvgIpc) is 3.03. The van der Waals surface area contributed by atoms with Crippen LogP contribution in [0.5, 0.6) is 0 Å². The third-order valence-electron chi connectivity index (χ3n) is 3.37. The largest absolute Gasteiger partial charge is 0.420 e. The van der Waals surface area contributed by atoms with E-state index in [0.717, 1.165) is 5.69 Å². The first-order valence-corrected chi connectivity index (χ1v) is 7.46. The SMILES string of the molecule is Cc1ccn(CCNC(=O)Cn2c(=O)oc3cc(Cl)ccc32)n1. The number of carbonyl (C=O) groups is 1. The van der Waals surface area contributed by atoms with E-state index < -0.39 is 5.76 Å². The maximum Gasteiger partial charge on any atom is 0.420 e. The molecule has 0 spiro atoms. The van der Waals surface area contributed by atoms with Crippen LogP contribution in [0.25, 0.3) is 11.1 Å². The molecule has 1 N–H and O–H groups in total. The molecule has 0 unspecified atom stereocenters. The monoisotopic (exact) mass is 334 g/mol. The zero-order chi connectivity index (χ0) is 16.4. The van der Waals surface area contributed by atoms with Gasteiger partial charge in [0, 0.05) is 23.8 Å². The minimum Gasteiger partial charge on any atom is -0.408 e. The van der Waals surface area contributed by atoms with Gasteiger partial charge in [-0.3, -0.25) is 14.0 Å². The minimum absolute atomic E-state index is 0.106. The van der Waals surface area contributed by atoms with Crippen molar-refractivity contribution in [3.63, 3.8) is 0 Å². The number of hydrogen-bond acceptors (Lipinski definition) is 4. The number of oxazole rings is 1. The number of nitrogens with one attached hydrogen (secondary N) is 1. The Morgan fingerprint density at radius 1 is 1.39 bits per heavy atom. The molecule has 0 aliphatic rings. The fourth-order valence-corrected chi connectivity index (χ4v) is 2.45. The molecule has 23 heavy (non-hydrogen) atoms. The predicted octanol–water partition coefficient (Wildman–Crippen LogP) is 1.57.